The summed E-state index contributed by atoms with van der Waals surface area (Å²) in [5.74, 6) is -3.99. The van der Waals surface area contributed by atoms with Gasteiger partial charge in [-0.3, -0.25) is 4.98 Å². The molecule has 0 saturated heterocycles. The van der Waals surface area contributed by atoms with Crippen molar-refractivity contribution in [3.63, 3.8) is 0 Å². The molecule has 0 radical (unpaired) electrons. The van der Waals surface area contributed by atoms with E-state index in [-0.39, 0.29) is 11.3 Å². The minimum atomic E-state index is -1.49. The standard InChI is InChI=1S/C11H7F3N2/c12-8-3-6(4-9(13)11(8)14)10-5-7(15)1-2-16-10/h1-5H,(H2,15,16). The van der Waals surface area contributed by atoms with Crippen LogP contribution in [-0.2, 0) is 0 Å². The molecule has 5 heteroatoms. The van der Waals surface area contributed by atoms with E-state index in [1.807, 2.05) is 0 Å². The van der Waals surface area contributed by atoms with E-state index in [0.717, 1.165) is 12.1 Å². The van der Waals surface area contributed by atoms with Crippen LogP contribution in [0.15, 0.2) is 30.5 Å². The monoisotopic (exact) mass is 224 g/mol. The molecule has 1 heterocycles. The van der Waals surface area contributed by atoms with Gasteiger partial charge in [0.2, 0.25) is 0 Å². The van der Waals surface area contributed by atoms with Crippen LogP contribution in [0.3, 0.4) is 0 Å². The van der Waals surface area contributed by atoms with E-state index in [9.17, 15) is 13.2 Å². The molecule has 0 aliphatic carbocycles. The van der Waals surface area contributed by atoms with Crippen molar-refractivity contribution in [1.29, 1.82) is 0 Å². The number of aromatic nitrogens is 1. The molecule has 2 aromatic rings. The normalized spacial score (nSPS) is 10.4. The third kappa shape index (κ3) is 1.84. The van der Waals surface area contributed by atoms with Crippen LogP contribution in [0.2, 0.25) is 0 Å². The van der Waals surface area contributed by atoms with Gasteiger partial charge >= 0.3 is 0 Å². The van der Waals surface area contributed by atoms with Crippen molar-refractivity contribution in [2.45, 2.75) is 0 Å². The highest BCUT2D eigenvalue weighted by Crippen LogP contribution is 2.23. The van der Waals surface area contributed by atoms with Gasteiger partial charge in [0.15, 0.2) is 17.5 Å². The van der Waals surface area contributed by atoms with E-state index in [0.29, 0.717) is 5.69 Å². The molecule has 2 N–H and O–H groups in total. The van der Waals surface area contributed by atoms with Crippen LogP contribution >= 0.6 is 0 Å². The van der Waals surface area contributed by atoms with E-state index in [4.69, 9.17) is 5.73 Å². The Balaban J connectivity index is 2.57. The lowest BCUT2D eigenvalue weighted by atomic mass is 10.1. The molecule has 0 atom stereocenters. The molecule has 1 aromatic heterocycles. The lowest BCUT2D eigenvalue weighted by Gasteiger charge is -2.03. The summed E-state index contributed by atoms with van der Waals surface area (Å²) in [7, 11) is 0. The maximum Gasteiger partial charge on any atom is 0.194 e. The quantitative estimate of drug-likeness (QED) is 0.756. The maximum absolute atomic E-state index is 13.0. The van der Waals surface area contributed by atoms with Crippen molar-refractivity contribution < 1.29 is 13.2 Å². The number of hydrogen-bond donors (Lipinski definition) is 1. The second kappa shape index (κ2) is 3.84. The van der Waals surface area contributed by atoms with Gasteiger partial charge in [0.1, 0.15) is 0 Å². The van der Waals surface area contributed by atoms with Crippen molar-refractivity contribution in [1.82, 2.24) is 4.98 Å². The molecule has 2 rings (SSSR count). The highest BCUT2D eigenvalue weighted by molar-refractivity contribution is 5.63. The van der Waals surface area contributed by atoms with Crippen LogP contribution in [0.1, 0.15) is 0 Å². The summed E-state index contributed by atoms with van der Waals surface area (Å²) in [6.07, 6.45) is 1.41. The molecule has 0 aliphatic rings. The number of nitrogen functional groups attached to an aromatic ring is 1. The van der Waals surface area contributed by atoms with E-state index >= 15 is 0 Å². The SMILES string of the molecule is Nc1ccnc(-c2cc(F)c(F)c(F)c2)c1. The smallest absolute Gasteiger partial charge is 0.194 e. The van der Waals surface area contributed by atoms with Gasteiger partial charge in [0.25, 0.3) is 0 Å². The molecule has 0 spiro atoms. The van der Waals surface area contributed by atoms with E-state index in [1.165, 1.54) is 12.3 Å². The summed E-state index contributed by atoms with van der Waals surface area (Å²) in [6.45, 7) is 0. The average molecular weight is 224 g/mol. The van der Waals surface area contributed by atoms with Crippen LogP contribution in [0.4, 0.5) is 18.9 Å². The molecule has 0 unspecified atom stereocenters. The number of pyridine rings is 1. The zero-order valence-corrected chi connectivity index (χ0v) is 8.05. The fourth-order valence-electron chi connectivity index (χ4n) is 1.31. The van der Waals surface area contributed by atoms with Crippen LogP contribution in [0, 0.1) is 17.5 Å². The van der Waals surface area contributed by atoms with Crippen LogP contribution in [0.25, 0.3) is 11.3 Å². The number of halogens is 3. The molecule has 0 saturated carbocycles. The molecule has 0 fully saturated rings. The molecule has 2 nitrogen and oxygen atoms in total. The number of hydrogen-bond acceptors (Lipinski definition) is 2. The Labute approximate surface area is 89.5 Å². The van der Waals surface area contributed by atoms with Crippen molar-refractivity contribution in [2.75, 3.05) is 5.73 Å². The molecule has 16 heavy (non-hydrogen) atoms. The summed E-state index contributed by atoms with van der Waals surface area (Å²) < 4.78 is 38.6. The summed E-state index contributed by atoms with van der Waals surface area (Å²) in [5.41, 5.74) is 6.34. The zero-order chi connectivity index (χ0) is 11.7. The Morgan fingerprint density at radius 2 is 1.62 bits per heavy atom. The number of nitrogens with zero attached hydrogens (tertiary/aromatic N) is 1. The van der Waals surface area contributed by atoms with Gasteiger partial charge < -0.3 is 5.73 Å². The van der Waals surface area contributed by atoms with Gasteiger partial charge in [-0.15, -0.1) is 0 Å². The molecule has 0 amide bonds. The third-order valence-electron chi connectivity index (χ3n) is 2.06. The van der Waals surface area contributed by atoms with Gasteiger partial charge in [-0.05, 0) is 24.3 Å². The highest BCUT2D eigenvalue weighted by Gasteiger charge is 2.12. The summed E-state index contributed by atoms with van der Waals surface area (Å²) in [4.78, 5) is 3.89. The topological polar surface area (TPSA) is 38.9 Å². The zero-order valence-electron chi connectivity index (χ0n) is 8.05. The molecule has 82 valence electrons. The first-order valence-corrected chi connectivity index (χ1v) is 4.44. The van der Waals surface area contributed by atoms with E-state index in [1.54, 1.807) is 6.07 Å². The predicted molar refractivity (Wildman–Crippen MR) is 54.0 cm³/mol. The molecular formula is C11H7F3N2. The average Bonchev–Trinajstić information content (AvgIpc) is 2.25. The lowest BCUT2D eigenvalue weighted by molar-refractivity contribution is 0.447. The van der Waals surface area contributed by atoms with Crippen LogP contribution < -0.4 is 5.73 Å². The summed E-state index contributed by atoms with van der Waals surface area (Å²) >= 11 is 0. The number of rotatable bonds is 1. The fraction of sp³-hybridized carbons (Fsp3) is 0. The number of benzene rings is 1. The molecule has 0 aliphatic heterocycles. The Hall–Kier alpha value is -2.04. The first-order chi connectivity index (χ1) is 7.58. The number of nitrogens with two attached hydrogens (primary N) is 1. The highest BCUT2D eigenvalue weighted by atomic mass is 19.2. The van der Waals surface area contributed by atoms with E-state index < -0.39 is 17.5 Å². The lowest BCUT2D eigenvalue weighted by Crippen LogP contribution is -1.94. The minimum Gasteiger partial charge on any atom is -0.399 e. The first kappa shape index (κ1) is 10.5. The third-order valence-corrected chi connectivity index (χ3v) is 2.06. The first-order valence-electron chi connectivity index (χ1n) is 4.44. The fourth-order valence-corrected chi connectivity index (χ4v) is 1.31. The van der Waals surface area contributed by atoms with E-state index in [2.05, 4.69) is 4.98 Å². The maximum atomic E-state index is 13.0. The molecule has 0 bridgehead atoms. The Morgan fingerprint density at radius 3 is 2.19 bits per heavy atom. The summed E-state index contributed by atoms with van der Waals surface area (Å²) in [5, 5.41) is 0. The van der Waals surface area contributed by atoms with Crippen molar-refractivity contribution in [3.05, 3.63) is 47.9 Å². The molecular weight excluding hydrogens is 217 g/mol. The second-order valence-corrected chi connectivity index (χ2v) is 3.23. The van der Waals surface area contributed by atoms with Crippen molar-refractivity contribution >= 4 is 5.69 Å². The minimum absolute atomic E-state index is 0.142. The summed E-state index contributed by atoms with van der Waals surface area (Å²) in [6, 6.07) is 4.74. The number of anilines is 1. The Bertz CT molecular complexity index is 517. The van der Waals surface area contributed by atoms with Gasteiger partial charge in [-0.25, -0.2) is 13.2 Å². The van der Waals surface area contributed by atoms with Gasteiger partial charge in [0, 0.05) is 17.4 Å². The Kier molecular flexibility index (Phi) is 2.52. The Morgan fingerprint density at radius 1 is 1.00 bits per heavy atom. The van der Waals surface area contributed by atoms with Gasteiger partial charge in [-0.1, -0.05) is 0 Å². The van der Waals surface area contributed by atoms with Crippen LogP contribution in [-0.4, -0.2) is 4.98 Å². The van der Waals surface area contributed by atoms with Crippen molar-refractivity contribution in [2.24, 2.45) is 0 Å². The van der Waals surface area contributed by atoms with Gasteiger partial charge in [0.05, 0.1) is 5.69 Å². The van der Waals surface area contributed by atoms with Crippen LogP contribution in [0.5, 0.6) is 0 Å². The predicted octanol–water partition coefficient (Wildman–Crippen LogP) is 2.75. The van der Waals surface area contributed by atoms with Crippen molar-refractivity contribution in [3.8, 4) is 11.3 Å². The molecule has 1 aromatic carbocycles. The van der Waals surface area contributed by atoms with Gasteiger partial charge in [-0.2, -0.15) is 0 Å². The second-order valence-electron chi connectivity index (χ2n) is 3.23. The largest absolute Gasteiger partial charge is 0.399 e.